The van der Waals surface area contributed by atoms with Crippen molar-refractivity contribution in [3.8, 4) is 0 Å². The van der Waals surface area contributed by atoms with Gasteiger partial charge in [-0.3, -0.25) is 4.79 Å². The van der Waals surface area contributed by atoms with Crippen molar-refractivity contribution in [2.45, 2.75) is 19.3 Å². The molecule has 0 unspecified atom stereocenters. The number of carbonyl (C=O) groups is 1. The molecule has 1 saturated heterocycles. The van der Waals surface area contributed by atoms with E-state index in [1.807, 2.05) is 36.2 Å². The molecule has 0 atom stereocenters. The normalized spacial score (nSPS) is 15.8. The third kappa shape index (κ3) is 4.76. The van der Waals surface area contributed by atoms with Crippen LogP contribution in [-0.2, 0) is 0 Å². The summed E-state index contributed by atoms with van der Waals surface area (Å²) in [6.07, 6.45) is 3.48. The second-order valence-corrected chi connectivity index (χ2v) is 6.05. The molecule has 5 heteroatoms. The van der Waals surface area contributed by atoms with E-state index in [-0.39, 0.29) is 18.3 Å². The molecule has 3 nitrogen and oxygen atoms in total. The third-order valence-corrected chi connectivity index (χ3v) is 4.32. The number of piperidine rings is 1. The van der Waals surface area contributed by atoms with Crippen molar-refractivity contribution in [2.24, 2.45) is 5.92 Å². The summed E-state index contributed by atoms with van der Waals surface area (Å²) in [5.74, 6) is 0.931. The highest BCUT2D eigenvalue weighted by Gasteiger charge is 2.23. The van der Waals surface area contributed by atoms with Crippen LogP contribution in [0.3, 0.4) is 0 Å². The number of carbonyl (C=O) groups excluding carboxylic acids is 1. The minimum absolute atomic E-state index is 0. The zero-order valence-electron chi connectivity index (χ0n) is 11.8. The van der Waals surface area contributed by atoms with Gasteiger partial charge in [0.15, 0.2) is 0 Å². The fourth-order valence-corrected chi connectivity index (χ4v) is 2.81. The lowest BCUT2D eigenvalue weighted by molar-refractivity contribution is 0.0687. The van der Waals surface area contributed by atoms with Crippen LogP contribution in [-0.4, -0.2) is 37.5 Å². The first-order chi connectivity index (χ1) is 9.20. The van der Waals surface area contributed by atoms with Gasteiger partial charge >= 0.3 is 0 Å². The summed E-state index contributed by atoms with van der Waals surface area (Å²) in [6, 6.07) is 7.62. The molecule has 1 heterocycles. The first-order valence-electron chi connectivity index (χ1n) is 6.90. The second kappa shape index (κ2) is 8.65. The van der Waals surface area contributed by atoms with Crippen LogP contribution in [0.25, 0.3) is 0 Å². The van der Waals surface area contributed by atoms with Gasteiger partial charge in [0.2, 0.25) is 0 Å². The zero-order valence-corrected chi connectivity index (χ0v) is 14.2. The predicted octanol–water partition coefficient (Wildman–Crippen LogP) is 3.33. The van der Waals surface area contributed by atoms with Crippen LogP contribution in [0.1, 0.15) is 29.6 Å². The minimum atomic E-state index is 0. The number of rotatable bonds is 4. The first kappa shape index (κ1) is 17.5. The molecular formula is C15H22BrClN2O. The Morgan fingerprint density at radius 3 is 2.45 bits per heavy atom. The van der Waals surface area contributed by atoms with Gasteiger partial charge in [0.25, 0.3) is 5.91 Å². The number of amides is 1. The Morgan fingerprint density at radius 1 is 1.30 bits per heavy atom. The third-order valence-electron chi connectivity index (χ3n) is 3.80. The Labute approximate surface area is 135 Å². The van der Waals surface area contributed by atoms with Gasteiger partial charge in [0.1, 0.15) is 0 Å². The van der Waals surface area contributed by atoms with Crippen LogP contribution in [0.4, 0.5) is 0 Å². The van der Waals surface area contributed by atoms with E-state index in [1.54, 1.807) is 0 Å². The first-order valence-corrected chi connectivity index (χ1v) is 7.69. The number of hydrogen-bond acceptors (Lipinski definition) is 2. The average molecular weight is 362 g/mol. The summed E-state index contributed by atoms with van der Waals surface area (Å²) in [5.41, 5.74) is 0.789. The molecule has 1 aromatic carbocycles. The van der Waals surface area contributed by atoms with E-state index in [1.165, 1.54) is 6.42 Å². The summed E-state index contributed by atoms with van der Waals surface area (Å²) in [5, 5.41) is 3.20. The molecule has 1 N–H and O–H groups in total. The molecule has 0 radical (unpaired) electrons. The lowest BCUT2D eigenvalue weighted by Gasteiger charge is -2.32. The fourth-order valence-electron chi connectivity index (χ4n) is 2.55. The van der Waals surface area contributed by atoms with Gasteiger partial charge in [-0.2, -0.15) is 0 Å². The summed E-state index contributed by atoms with van der Waals surface area (Å²) in [4.78, 5) is 14.3. The van der Waals surface area contributed by atoms with E-state index < -0.39 is 0 Å². The quantitative estimate of drug-likeness (QED) is 0.892. The Hall–Kier alpha value is -0.580. The summed E-state index contributed by atoms with van der Waals surface area (Å²) in [6.45, 7) is 2.86. The summed E-state index contributed by atoms with van der Waals surface area (Å²) < 4.78 is 1.01. The largest absolute Gasteiger partial charge is 0.339 e. The number of hydrogen-bond donors (Lipinski definition) is 1. The molecule has 1 aliphatic rings. The molecule has 1 fully saturated rings. The maximum atomic E-state index is 12.3. The Kier molecular flexibility index (Phi) is 7.56. The van der Waals surface area contributed by atoms with Crippen LogP contribution in [0, 0.1) is 5.92 Å². The van der Waals surface area contributed by atoms with E-state index >= 15 is 0 Å². The lowest BCUT2D eigenvalue weighted by Crippen LogP contribution is -2.38. The van der Waals surface area contributed by atoms with Crippen molar-refractivity contribution in [3.63, 3.8) is 0 Å². The van der Waals surface area contributed by atoms with Crippen molar-refractivity contribution in [1.29, 1.82) is 0 Å². The van der Waals surface area contributed by atoms with Crippen LogP contribution in [0.2, 0.25) is 0 Å². The molecule has 1 amide bonds. The van der Waals surface area contributed by atoms with Crippen molar-refractivity contribution in [1.82, 2.24) is 10.2 Å². The van der Waals surface area contributed by atoms with Crippen molar-refractivity contribution < 1.29 is 4.79 Å². The molecule has 112 valence electrons. The number of benzene rings is 1. The Morgan fingerprint density at radius 2 is 1.90 bits per heavy atom. The topological polar surface area (TPSA) is 32.3 Å². The van der Waals surface area contributed by atoms with Gasteiger partial charge in [0.05, 0.1) is 0 Å². The predicted molar refractivity (Wildman–Crippen MR) is 88.6 cm³/mol. The highest BCUT2D eigenvalue weighted by molar-refractivity contribution is 9.10. The molecule has 2 rings (SSSR count). The van der Waals surface area contributed by atoms with Crippen molar-refractivity contribution >= 4 is 34.2 Å². The SMILES string of the molecule is CNCCC1CCN(C(=O)c2ccc(Br)cc2)CC1.Cl. The number of nitrogens with zero attached hydrogens (tertiary/aromatic N) is 1. The van der Waals surface area contributed by atoms with E-state index in [4.69, 9.17) is 0 Å². The standard InChI is InChI=1S/C15H21BrN2O.ClH/c1-17-9-6-12-7-10-18(11-8-12)15(19)13-2-4-14(16)5-3-13;/h2-5,12,17H,6-11H2,1H3;1H. The zero-order chi connectivity index (χ0) is 13.7. The van der Waals surface area contributed by atoms with Gasteiger partial charge in [0, 0.05) is 23.1 Å². The average Bonchev–Trinajstić information content (AvgIpc) is 2.46. The van der Waals surface area contributed by atoms with E-state index in [2.05, 4.69) is 21.2 Å². The van der Waals surface area contributed by atoms with E-state index in [9.17, 15) is 4.79 Å². The minimum Gasteiger partial charge on any atom is -0.339 e. The maximum absolute atomic E-state index is 12.3. The molecule has 0 aliphatic carbocycles. The van der Waals surface area contributed by atoms with Crippen LogP contribution in [0.15, 0.2) is 28.7 Å². The smallest absolute Gasteiger partial charge is 0.253 e. The Bertz CT molecular complexity index is 416. The number of halogens is 2. The molecule has 0 aromatic heterocycles. The fraction of sp³-hybridized carbons (Fsp3) is 0.533. The van der Waals surface area contributed by atoms with Gasteiger partial charge in [-0.05, 0) is 63.0 Å². The highest BCUT2D eigenvalue weighted by Crippen LogP contribution is 2.22. The molecule has 0 spiro atoms. The van der Waals surface area contributed by atoms with Gasteiger partial charge < -0.3 is 10.2 Å². The van der Waals surface area contributed by atoms with Crippen molar-refractivity contribution in [2.75, 3.05) is 26.7 Å². The molecule has 20 heavy (non-hydrogen) atoms. The second-order valence-electron chi connectivity index (χ2n) is 5.13. The molecule has 0 bridgehead atoms. The molecule has 0 saturated carbocycles. The van der Waals surface area contributed by atoms with Crippen LogP contribution < -0.4 is 5.32 Å². The van der Waals surface area contributed by atoms with E-state index in [0.29, 0.717) is 0 Å². The summed E-state index contributed by atoms with van der Waals surface area (Å²) >= 11 is 3.39. The number of nitrogens with one attached hydrogen (secondary N) is 1. The molecule has 1 aliphatic heterocycles. The van der Waals surface area contributed by atoms with Crippen LogP contribution >= 0.6 is 28.3 Å². The van der Waals surface area contributed by atoms with Crippen LogP contribution in [0.5, 0.6) is 0 Å². The lowest BCUT2D eigenvalue weighted by atomic mass is 9.93. The highest BCUT2D eigenvalue weighted by atomic mass is 79.9. The van der Waals surface area contributed by atoms with Gasteiger partial charge in [-0.25, -0.2) is 0 Å². The van der Waals surface area contributed by atoms with Gasteiger partial charge in [-0.1, -0.05) is 15.9 Å². The van der Waals surface area contributed by atoms with Crippen molar-refractivity contribution in [3.05, 3.63) is 34.3 Å². The van der Waals surface area contributed by atoms with Gasteiger partial charge in [-0.15, -0.1) is 12.4 Å². The monoisotopic (exact) mass is 360 g/mol. The van der Waals surface area contributed by atoms with E-state index in [0.717, 1.165) is 48.4 Å². The molecular weight excluding hydrogens is 340 g/mol. The molecule has 1 aromatic rings. The number of likely N-dealkylation sites (tertiary alicyclic amines) is 1. The Balaban J connectivity index is 0.00000200. The summed E-state index contributed by atoms with van der Waals surface area (Å²) in [7, 11) is 1.99. The maximum Gasteiger partial charge on any atom is 0.253 e.